The average molecular weight is 228 g/mol. The highest BCUT2D eigenvalue weighted by atomic mass is 16.5. The van der Waals surface area contributed by atoms with Gasteiger partial charge < -0.3 is 19.7 Å². The largest absolute Gasteiger partial charge is 0.379 e. The Labute approximate surface area is 96.1 Å². The first-order valence-corrected chi connectivity index (χ1v) is 5.93. The van der Waals surface area contributed by atoms with Crippen LogP contribution < -0.4 is 5.32 Å². The normalized spacial score (nSPS) is 30.3. The topological polar surface area (TPSA) is 50.8 Å². The molecule has 2 rings (SSSR count). The Balaban J connectivity index is 1.77. The lowest BCUT2D eigenvalue weighted by molar-refractivity contribution is -0.135. The molecule has 2 fully saturated rings. The maximum atomic E-state index is 12.0. The van der Waals surface area contributed by atoms with Crippen LogP contribution in [0.3, 0.4) is 0 Å². The number of rotatable bonds is 3. The van der Waals surface area contributed by atoms with Gasteiger partial charge in [0, 0.05) is 26.7 Å². The van der Waals surface area contributed by atoms with Crippen molar-refractivity contribution in [3.63, 3.8) is 0 Å². The Bertz CT molecular complexity index is 235. The molecule has 2 saturated heterocycles. The van der Waals surface area contributed by atoms with Crippen LogP contribution in [0, 0.1) is 0 Å². The number of likely N-dealkylation sites (N-methyl/N-ethyl adjacent to an activating group) is 1. The second-order valence-electron chi connectivity index (χ2n) is 4.42. The van der Waals surface area contributed by atoms with Gasteiger partial charge in [0.05, 0.1) is 31.8 Å². The third kappa shape index (κ3) is 2.93. The molecule has 5 heteroatoms. The standard InChI is InChI=1S/C11H20N2O3/c1-13(9-2-4-15-8-9)11(14)6-10-7-12-3-5-16-10/h9-10,12H,2-8H2,1H3. The number of nitrogens with one attached hydrogen (secondary N) is 1. The monoisotopic (exact) mass is 228 g/mol. The Morgan fingerprint density at radius 1 is 1.50 bits per heavy atom. The zero-order valence-corrected chi connectivity index (χ0v) is 9.78. The van der Waals surface area contributed by atoms with Gasteiger partial charge in [-0.05, 0) is 6.42 Å². The molecule has 2 aliphatic rings. The average Bonchev–Trinajstić information content (AvgIpc) is 2.83. The molecule has 0 bridgehead atoms. The quantitative estimate of drug-likeness (QED) is 0.715. The molecule has 2 unspecified atom stereocenters. The number of hydrogen-bond donors (Lipinski definition) is 1. The number of amides is 1. The number of hydrogen-bond acceptors (Lipinski definition) is 4. The van der Waals surface area contributed by atoms with Gasteiger partial charge >= 0.3 is 0 Å². The summed E-state index contributed by atoms with van der Waals surface area (Å²) in [6.45, 7) is 3.81. The summed E-state index contributed by atoms with van der Waals surface area (Å²) in [6, 6.07) is 0.254. The Morgan fingerprint density at radius 3 is 3.00 bits per heavy atom. The molecule has 0 saturated carbocycles. The van der Waals surface area contributed by atoms with Crippen molar-refractivity contribution in [3.8, 4) is 0 Å². The minimum atomic E-state index is 0.0334. The van der Waals surface area contributed by atoms with Crippen molar-refractivity contribution in [1.29, 1.82) is 0 Å². The molecule has 2 aliphatic heterocycles. The molecule has 2 atom stereocenters. The van der Waals surface area contributed by atoms with Gasteiger partial charge in [0.1, 0.15) is 0 Å². The van der Waals surface area contributed by atoms with Crippen molar-refractivity contribution in [2.75, 3.05) is 40.0 Å². The smallest absolute Gasteiger partial charge is 0.225 e. The Morgan fingerprint density at radius 2 is 2.38 bits per heavy atom. The summed E-state index contributed by atoms with van der Waals surface area (Å²) >= 11 is 0. The fourth-order valence-corrected chi connectivity index (χ4v) is 2.12. The first-order valence-electron chi connectivity index (χ1n) is 5.93. The van der Waals surface area contributed by atoms with E-state index in [1.165, 1.54) is 0 Å². The molecule has 92 valence electrons. The van der Waals surface area contributed by atoms with Crippen LogP contribution in [0.15, 0.2) is 0 Å². The van der Waals surface area contributed by atoms with Crippen LogP contribution in [0.5, 0.6) is 0 Å². The molecule has 0 aliphatic carbocycles. The van der Waals surface area contributed by atoms with Gasteiger partial charge in [-0.25, -0.2) is 0 Å². The summed E-state index contributed by atoms with van der Waals surface area (Å²) in [4.78, 5) is 13.8. The van der Waals surface area contributed by atoms with E-state index in [1.54, 1.807) is 0 Å². The molecule has 0 aromatic heterocycles. The number of morpholine rings is 1. The predicted octanol–water partition coefficient (Wildman–Crippen LogP) is -0.388. The number of carbonyl (C=O) groups is 1. The van der Waals surface area contributed by atoms with Crippen molar-refractivity contribution >= 4 is 5.91 Å². The van der Waals surface area contributed by atoms with Gasteiger partial charge in [-0.2, -0.15) is 0 Å². The molecule has 5 nitrogen and oxygen atoms in total. The fraction of sp³-hybridized carbons (Fsp3) is 0.909. The lowest BCUT2D eigenvalue weighted by atomic mass is 10.1. The van der Waals surface area contributed by atoms with E-state index < -0.39 is 0 Å². The first-order chi connectivity index (χ1) is 7.77. The number of carbonyl (C=O) groups excluding carboxylic acids is 1. The van der Waals surface area contributed by atoms with Gasteiger partial charge in [0.15, 0.2) is 0 Å². The molecule has 0 radical (unpaired) electrons. The van der Waals surface area contributed by atoms with Crippen LogP contribution in [-0.2, 0) is 14.3 Å². The highest BCUT2D eigenvalue weighted by Crippen LogP contribution is 2.13. The van der Waals surface area contributed by atoms with Crippen LogP contribution in [0.25, 0.3) is 0 Å². The SMILES string of the molecule is CN(C(=O)CC1CNCCO1)C1CCOC1. The summed E-state index contributed by atoms with van der Waals surface area (Å²) in [7, 11) is 1.86. The van der Waals surface area contributed by atoms with E-state index in [0.717, 1.165) is 26.1 Å². The van der Waals surface area contributed by atoms with E-state index in [1.807, 2.05) is 11.9 Å². The van der Waals surface area contributed by atoms with E-state index >= 15 is 0 Å². The van der Waals surface area contributed by atoms with Gasteiger partial charge in [-0.1, -0.05) is 0 Å². The van der Waals surface area contributed by atoms with Crippen molar-refractivity contribution in [3.05, 3.63) is 0 Å². The summed E-state index contributed by atoms with van der Waals surface area (Å²) in [5, 5.41) is 3.23. The van der Waals surface area contributed by atoms with Gasteiger partial charge in [0.25, 0.3) is 0 Å². The summed E-state index contributed by atoms with van der Waals surface area (Å²) < 4.78 is 10.8. The molecule has 0 aromatic rings. The van der Waals surface area contributed by atoms with Crippen LogP contribution in [0.2, 0.25) is 0 Å². The Kier molecular flexibility index (Phi) is 4.15. The number of ether oxygens (including phenoxy) is 2. The van der Waals surface area contributed by atoms with Gasteiger partial charge in [0.2, 0.25) is 5.91 Å². The van der Waals surface area contributed by atoms with Crippen molar-refractivity contribution in [2.45, 2.75) is 25.0 Å². The second kappa shape index (κ2) is 5.61. The zero-order chi connectivity index (χ0) is 11.4. The molecule has 1 amide bonds. The van der Waals surface area contributed by atoms with E-state index in [-0.39, 0.29) is 18.1 Å². The summed E-state index contributed by atoms with van der Waals surface area (Å²) in [6.07, 6.45) is 1.46. The van der Waals surface area contributed by atoms with Crippen LogP contribution in [-0.4, -0.2) is 62.9 Å². The maximum Gasteiger partial charge on any atom is 0.225 e. The van der Waals surface area contributed by atoms with E-state index in [0.29, 0.717) is 19.6 Å². The number of nitrogens with zero attached hydrogens (tertiary/aromatic N) is 1. The molecule has 0 spiro atoms. The van der Waals surface area contributed by atoms with Crippen LogP contribution >= 0.6 is 0 Å². The molecular formula is C11H20N2O3. The second-order valence-corrected chi connectivity index (χ2v) is 4.42. The summed E-state index contributed by atoms with van der Waals surface area (Å²) in [5.41, 5.74) is 0. The third-order valence-corrected chi connectivity index (χ3v) is 3.25. The highest BCUT2D eigenvalue weighted by molar-refractivity contribution is 5.76. The van der Waals surface area contributed by atoms with Crippen LogP contribution in [0.1, 0.15) is 12.8 Å². The molecule has 16 heavy (non-hydrogen) atoms. The maximum absolute atomic E-state index is 12.0. The first kappa shape index (κ1) is 11.8. The third-order valence-electron chi connectivity index (χ3n) is 3.25. The van der Waals surface area contributed by atoms with Crippen LogP contribution in [0.4, 0.5) is 0 Å². The van der Waals surface area contributed by atoms with Gasteiger partial charge in [-0.3, -0.25) is 4.79 Å². The van der Waals surface area contributed by atoms with E-state index in [2.05, 4.69) is 5.32 Å². The highest BCUT2D eigenvalue weighted by Gasteiger charge is 2.26. The zero-order valence-electron chi connectivity index (χ0n) is 9.78. The van der Waals surface area contributed by atoms with Crippen molar-refractivity contribution < 1.29 is 14.3 Å². The molecule has 0 aromatic carbocycles. The minimum Gasteiger partial charge on any atom is -0.379 e. The minimum absolute atomic E-state index is 0.0334. The Hall–Kier alpha value is -0.650. The van der Waals surface area contributed by atoms with Crippen molar-refractivity contribution in [1.82, 2.24) is 10.2 Å². The van der Waals surface area contributed by atoms with Gasteiger partial charge in [-0.15, -0.1) is 0 Å². The van der Waals surface area contributed by atoms with E-state index in [9.17, 15) is 4.79 Å². The van der Waals surface area contributed by atoms with E-state index in [4.69, 9.17) is 9.47 Å². The lowest BCUT2D eigenvalue weighted by Crippen LogP contribution is -2.44. The molecule has 2 heterocycles. The molecule has 1 N–H and O–H groups in total. The van der Waals surface area contributed by atoms with Crippen molar-refractivity contribution in [2.24, 2.45) is 0 Å². The fourth-order valence-electron chi connectivity index (χ4n) is 2.12. The molecular weight excluding hydrogens is 208 g/mol. The lowest BCUT2D eigenvalue weighted by Gasteiger charge is -2.28. The summed E-state index contributed by atoms with van der Waals surface area (Å²) in [5.74, 6) is 0.157. The predicted molar refractivity (Wildman–Crippen MR) is 59.2 cm³/mol.